The predicted octanol–water partition coefficient (Wildman–Crippen LogP) is 3.14. The molecule has 0 spiro atoms. The SMILES string of the molecule is COc1cccc(C(CNC(=O)CSc2ccncc2)N2CCCC2)c1. The number of thioether (sulfide) groups is 1. The molecule has 3 rings (SSSR count). The second-order valence-corrected chi connectivity index (χ2v) is 7.36. The number of nitrogens with zero attached hydrogens (tertiary/aromatic N) is 2. The molecular formula is C20H25N3O2S. The number of carbonyl (C=O) groups excluding carboxylic acids is 1. The van der Waals surface area contributed by atoms with E-state index in [9.17, 15) is 4.79 Å². The zero-order valence-electron chi connectivity index (χ0n) is 15.1. The summed E-state index contributed by atoms with van der Waals surface area (Å²) in [5.74, 6) is 1.32. The molecule has 1 aliphatic heterocycles. The van der Waals surface area contributed by atoms with Gasteiger partial charge < -0.3 is 10.1 Å². The highest BCUT2D eigenvalue weighted by Crippen LogP contribution is 2.27. The van der Waals surface area contributed by atoms with Gasteiger partial charge in [-0.05, 0) is 55.8 Å². The quantitative estimate of drug-likeness (QED) is 0.723. The topological polar surface area (TPSA) is 54.5 Å². The summed E-state index contributed by atoms with van der Waals surface area (Å²) in [4.78, 5) is 19.8. The Morgan fingerprint density at radius 3 is 2.77 bits per heavy atom. The monoisotopic (exact) mass is 371 g/mol. The molecule has 2 heterocycles. The van der Waals surface area contributed by atoms with E-state index < -0.39 is 0 Å². The third-order valence-electron chi connectivity index (χ3n) is 4.57. The molecule has 1 unspecified atom stereocenters. The van der Waals surface area contributed by atoms with Gasteiger partial charge in [0.05, 0.1) is 18.9 Å². The van der Waals surface area contributed by atoms with Gasteiger partial charge in [-0.3, -0.25) is 14.7 Å². The number of hydrogen-bond acceptors (Lipinski definition) is 5. The van der Waals surface area contributed by atoms with Crippen molar-refractivity contribution in [1.29, 1.82) is 0 Å². The van der Waals surface area contributed by atoms with Gasteiger partial charge in [-0.1, -0.05) is 12.1 Å². The van der Waals surface area contributed by atoms with Crippen molar-refractivity contribution in [2.75, 3.05) is 32.5 Å². The predicted molar refractivity (Wildman–Crippen MR) is 105 cm³/mol. The fourth-order valence-electron chi connectivity index (χ4n) is 3.20. The van der Waals surface area contributed by atoms with Crippen LogP contribution in [0.15, 0.2) is 53.7 Å². The fourth-order valence-corrected chi connectivity index (χ4v) is 3.92. The molecule has 0 saturated carbocycles. The first-order valence-electron chi connectivity index (χ1n) is 8.94. The second kappa shape index (κ2) is 9.59. The van der Waals surface area contributed by atoms with E-state index in [2.05, 4.69) is 27.3 Å². The average Bonchev–Trinajstić information content (AvgIpc) is 3.22. The minimum Gasteiger partial charge on any atom is -0.497 e. The molecule has 0 aliphatic carbocycles. The van der Waals surface area contributed by atoms with E-state index in [4.69, 9.17) is 4.74 Å². The lowest BCUT2D eigenvalue weighted by molar-refractivity contribution is -0.118. The number of pyridine rings is 1. The van der Waals surface area contributed by atoms with Crippen molar-refractivity contribution in [2.45, 2.75) is 23.8 Å². The molecule has 1 saturated heterocycles. The van der Waals surface area contributed by atoms with Crippen LogP contribution < -0.4 is 10.1 Å². The Kier molecular flexibility index (Phi) is 6.91. The van der Waals surface area contributed by atoms with Crippen molar-refractivity contribution in [2.24, 2.45) is 0 Å². The number of benzene rings is 1. The molecule has 1 aromatic carbocycles. The zero-order valence-corrected chi connectivity index (χ0v) is 15.9. The molecule has 26 heavy (non-hydrogen) atoms. The van der Waals surface area contributed by atoms with E-state index in [-0.39, 0.29) is 11.9 Å². The number of carbonyl (C=O) groups is 1. The van der Waals surface area contributed by atoms with Crippen LogP contribution in [0, 0.1) is 0 Å². The number of nitrogens with one attached hydrogen (secondary N) is 1. The maximum absolute atomic E-state index is 12.3. The molecule has 1 N–H and O–H groups in total. The van der Waals surface area contributed by atoms with Crippen molar-refractivity contribution in [3.63, 3.8) is 0 Å². The number of methoxy groups -OCH3 is 1. The van der Waals surface area contributed by atoms with Crippen molar-refractivity contribution in [1.82, 2.24) is 15.2 Å². The molecule has 6 heteroatoms. The first kappa shape index (κ1) is 18.7. The molecule has 1 aromatic heterocycles. The third kappa shape index (κ3) is 5.22. The van der Waals surface area contributed by atoms with Crippen LogP contribution >= 0.6 is 11.8 Å². The van der Waals surface area contributed by atoms with Crippen molar-refractivity contribution in [3.05, 3.63) is 54.4 Å². The van der Waals surface area contributed by atoms with E-state index in [1.54, 1.807) is 19.5 Å². The van der Waals surface area contributed by atoms with Crippen LogP contribution in [-0.2, 0) is 4.79 Å². The number of likely N-dealkylation sites (tertiary alicyclic amines) is 1. The van der Waals surface area contributed by atoms with Crippen LogP contribution in [-0.4, -0.2) is 48.3 Å². The standard InChI is InChI=1S/C20H25N3O2S/c1-25-17-6-4-5-16(13-17)19(23-11-2-3-12-23)14-22-20(24)15-26-18-7-9-21-10-8-18/h4-10,13,19H,2-3,11-12,14-15H2,1H3,(H,22,24). The maximum atomic E-state index is 12.3. The van der Waals surface area contributed by atoms with E-state index in [0.717, 1.165) is 23.7 Å². The molecule has 1 amide bonds. The number of amides is 1. The van der Waals surface area contributed by atoms with E-state index in [1.807, 2.05) is 24.3 Å². The Morgan fingerprint density at radius 1 is 1.27 bits per heavy atom. The summed E-state index contributed by atoms with van der Waals surface area (Å²) >= 11 is 1.53. The lowest BCUT2D eigenvalue weighted by Gasteiger charge is -2.28. The molecule has 5 nitrogen and oxygen atoms in total. The van der Waals surface area contributed by atoms with Crippen LogP contribution in [0.2, 0.25) is 0 Å². The van der Waals surface area contributed by atoms with Gasteiger partial charge in [-0.25, -0.2) is 0 Å². The lowest BCUT2D eigenvalue weighted by Crippen LogP contribution is -2.37. The van der Waals surface area contributed by atoms with Crippen LogP contribution in [0.1, 0.15) is 24.4 Å². The van der Waals surface area contributed by atoms with Gasteiger partial charge in [0.25, 0.3) is 0 Å². The minimum atomic E-state index is 0.0545. The van der Waals surface area contributed by atoms with Gasteiger partial charge in [0, 0.05) is 23.8 Å². The Morgan fingerprint density at radius 2 is 2.04 bits per heavy atom. The normalized spacial score (nSPS) is 15.6. The summed E-state index contributed by atoms with van der Waals surface area (Å²) in [7, 11) is 1.68. The minimum absolute atomic E-state index is 0.0545. The number of hydrogen-bond donors (Lipinski definition) is 1. The number of ether oxygens (including phenoxy) is 1. The lowest BCUT2D eigenvalue weighted by atomic mass is 10.0. The van der Waals surface area contributed by atoms with E-state index in [1.165, 1.54) is 30.2 Å². The van der Waals surface area contributed by atoms with E-state index in [0.29, 0.717) is 12.3 Å². The smallest absolute Gasteiger partial charge is 0.230 e. The average molecular weight is 372 g/mol. The van der Waals surface area contributed by atoms with Gasteiger partial charge in [0.1, 0.15) is 5.75 Å². The third-order valence-corrected chi connectivity index (χ3v) is 5.58. The van der Waals surface area contributed by atoms with Crippen LogP contribution in [0.3, 0.4) is 0 Å². The largest absolute Gasteiger partial charge is 0.497 e. The molecular weight excluding hydrogens is 346 g/mol. The summed E-state index contributed by atoms with van der Waals surface area (Å²) in [5.41, 5.74) is 1.19. The van der Waals surface area contributed by atoms with Gasteiger partial charge >= 0.3 is 0 Å². The molecule has 138 valence electrons. The zero-order chi connectivity index (χ0) is 18.2. The summed E-state index contributed by atoms with van der Waals surface area (Å²) < 4.78 is 5.37. The molecule has 1 aliphatic rings. The molecule has 0 bridgehead atoms. The van der Waals surface area contributed by atoms with Crippen LogP contribution in [0.25, 0.3) is 0 Å². The van der Waals surface area contributed by atoms with Gasteiger partial charge in [-0.2, -0.15) is 0 Å². The van der Waals surface area contributed by atoms with Crippen molar-refractivity contribution < 1.29 is 9.53 Å². The first-order valence-corrected chi connectivity index (χ1v) is 9.92. The Bertz CT molecular complexity index is 705. The van der Waals surface area contributed by atoms with Gasteiger partial charge in [0.15, 0.2) is 0 Å². The molecule has 1 fully saturated rings. The Hall–Kier alpha value is -2.05. The van der Waals surface area contributed by atoms with Crippen LogP contribution in [0.5, 0.6) is 5.75 Å². The molecule has 1 atom stereocenters. The summed E-state index contributed by atoms with van der Waals surface area (Å²) in [6, 6.07) is 12.2. The number of aromatic nitrogens is 1. The fraction of sp³-hybridized carbons (Fsp3) is 0.400. The highest BCUT2D eigenvalue weighted by Gasteiger charge is 2.24. The second-order valence-electron chi connectivity index (χ2n) is 6.31. The Balaban J connectivity index is 1.59. The highest BCUT2D eigenvalue weighted by atomic mass is 32.2. The van der Waals surface area contributed by atoms with Crippen molar-refractivity contribution >= 4 is 17.7 Å². The van der Waals surface area contributed by atoms with Gasteiger partial charge in [0.2, 0.25) is 5.91 Å². The summed E-state index contributed by atoms with van der Waals surface area (Å²) in [6.07, 6.45) is 5.91. The molecule has 0 radical (unpaired) electrons. The first-order chi connectivity index (χ1) is 12.8. The molecule has 2 aromatic rings. The van der Waals surface area contributed by atoms with Crippen molar-refractivity contribution in [3.8, 4) is 5.75 Å². The van der Waals surface area contributed by atoms with E-state index >= 15 is 0 Å². The maximum Gasteiger partial charge on any atom is 0.230 e. The van der Waals surface area contributed by atoms with Crippen LogP contribution in [0.4, 0.5) is 0 Å². The summed E-state index contributed by atoms with van der Waals surface area (Å²) in [6.45, 7) is 2.76. The van der Waals surface area contributed by atoms with Gasteiger partial charge in [-0.15, -0.1) is 11.8 Å². The Labute approximate surface area is 159 Å². The highest BCUT2D eigenvalue weighted by molar-refractivity contribution is 8.00. The number of rotatable bonds is 8. The summed E-state index contributed by atoms with van der Waals surface area (Å²) in [5, 5.41) is 3.11.